The fraction of sp³-hybridized carbons (Fsp3) is 0.773. The summed E-state index contributed by atoms with van der Waals surface area (Å²) < 4.78 is 16.8. The Labute approximate surface area is 165 Å². The molecule has 0 aromatic carbocycles. The van der Waals surface area contributed by atoms with E-state index in [1.807, 2.05) is 19.9 Å². The molecule has 0 aromatic rings. The zero-order valence-electron chi connectivity index (χ0n) is 17.8. The van der Waals surface area contributed by atoms with Crippen LogP contribution in [-0.2, 0) is 14.3 Å². The Morgan fingerprint density at radius 2 is 1.46 bits per heavy atom. The predicted octanol–water partition coefficient (Wildman–Crippen LogP) is 6.90. The van der Waals surface area contributed by atoms with Crippen molar-refractivity contribution in [3.63, 3.8) is 0 Å². The second-order valence-corrected chi connectivity index (χ2v) is 21.1. The van der Waals surface area contributed by atoms with Crippen molar-refractivity contribution < 1.29 is 14.3 Å². The molecule has 1 rings (SSSR count). The van der Waals surface area contributed by atoms with Gasteiger partial charge in [-0.15, -0.1) is 0 Å². The minimum absolute atomic E-state index is 0.0700. The number of carbonyl (C=O) groups is 1. The maximum atomic E-state index is 13.2. The van der Waals surface area contributed by atoms with Gasteiger partial charge in [0.1, 0.15) is 0 Å². The molecule has 0 aromatic heterocycles. The van der Waals surface area contributed by atoms with Crippen LogP contribution in [0.5, 0.6) is 0 Å². The second-order valence-electron chi connectivity index (χ2n) is 8.11. The van der Waals surface area contributed by atoms with Crippen LogP contribution in [0.2, 0.25) is 13.3 Å². The number of hydrogen-bond acceptors (Lipinski definition) is 3. The quantitative estimate of drug-likeness (QED) is 0.167. The number of unbranched alkanes of at least 4 members (excludes halogenated alkanes) is 3. The summed E-state index contributed by atoms with van der Waals surface area (Å²) in [4.78, 5) is 13.2. The van der Waals surface area contributed by atoms with E-state index in [1.54, 1.807) is 0 Å². The molecule has 0 bridgehead atoms. The van der Waals surface area contributed by atoms with Crippen LogP contribution < -0.4 is 0 Å². The third kappa shape index (κ3) is 6.61. The molecule has 0 saturated carbocycles. The molecule has 26 heavy (non-hydrogen) atoms. The summed E-state index contributed by atoms with van der Waals surface area (Å²) in [5.41, 5.74) is 0. The van der Waals surface area contributed by atoms with Crippen LogP contribution in [0, 0.1) is 0 Å². The van der Waals surface area contributed by atoms with Gasteiger partial charge < -0.3 is 0 Å². The molecule has 0 fully saturated rings. The molecule has 0 spiro atoms. The van der Waals surface area contributed by atoms with Gasteiger partial charge in [0.05, 0.1) is 0 Å². The molecule has 1 heterocycles. The summed E-state index contributed by atoms with van der Waals surface area (Å²) in [6.07, 6.45) is 10.8. The summed E-state index contributed by atoms with van der Waals surface area (Å²) in [5.74, 6) is 0.0132. The molecule has 0 unspecified atom stereocenters. The van der Waals surface area contributed by atoms with Crippen LogP contribution in [-0.4, -0.2) is 30.1 Å². The van der Waals surface area contributed by atoms with Crippen molar-refractivity contribution >= 4 is 24.3 Å². The normalized spacial score (nSPS) is 17.0. The van der Waals surface area contributed by atoms with Crippen LogP contribution in [0.3, 0.4) is 0 Å². The molecule has 0 N–H and O–H groups in total. The third-order valence-corrected chi connectivity index (χ3v) is 21.0. The number of rotatable bonds is 13. The molecule has 3 nitrogen and oxygen atoms in total. The summed E-state index contributed by atoms with van der Waals surface area (Å²) in [6.45, 7) is 14.3. The first-order valence-electron chi connectivity index (χ1n) is 10.6. The van der Waals surface area contributed by atoms with E-state index in [-0.39, 0.29) is 5.97 Å². The van der Waals surface area contributed by atoms with E-state index in [0.29, 0.717) is 0 Å². The second kappa shape index (κ2) is 11.4. The van der Waals surface area contributed by atoms with Gasteiger partial charge in [-0.2, -0.15) is 0 Å². The predicted molar refractivity (Wildman–Crippen MR) is 113 cm³/mol. The summed E-state index contributed by atoms with van der Waals surface area (Å²) in [5, 5.41) is 0. The van der Waals surface area contributed by atoms with Gasteiger partial charge in [0.15, 0.2) is 0 Å². The standard InChI is InChI=1S/C10H13O3.3C4H9.Sn/c1-4-5-6-8-7-9(11)13-10(2,3)12-8;3*1-3-4-2;/h4H,1,5-6H2,2-3H3;3*1,3-4H2,2H3;. The number of ether oxygens (including phenoxy) is 2. The molecule has 4 heteroatoms. The van der Waals surface area contributed by atoms with Crippen molar-refractivity contribution in [1.82, 2.24) is 0 Å². The summed E-state index contributed by atoms with van der Waals surface area (Å²) in [6, 6.07) is 0. The van der Waals surface area contributed by atoms with Gasteiger partial charge in [0.25, 0.3) is 0 Å². The van der Waals surface area contributed by atoms with E-state index < -0.39 is 24.2 Å². The molecular weight excluding hydrogens is 431 g/mol. The van der Waals surface area contributed by atoms with E-state index in [2.05, 4.69) is 27.4 Å². The Balaban J connectivity index is 3.42. The van der Waals surface area contributed by atoms with Crippen molar-refractivity contribution in [2.75, 3.05) is 0 Å². The fourth-order valence-electron chi connectivity index (χ4n) is 3.97. The molecule has 0 saturated heterocycles. The van der Waals surface area contributed by atoms with Crippen LogP contribution in [0.4, 0.5) is 0 Å². The monoisotopic (exact) mass is 472 g/mol. The Bertz CT molecular complexity index is 472. The van der Waals surface area contributed by atoms with Gasteiger partial charge in [0.2, 0.25) is 0 Å². The van der Waals surface area contributed by atoms with Crippen LogP contribution >= 0.6 is 0 Å². The molecule has 1 aliphatic rings. The molecule has 1 aliphatic heterocycles. The number of esters is 1. The molecule has 0 radical (unpaired) electrons. The molecule has 150 valence electrons. The van der Waals surface area contributed by atoms with Crippen LogP contribution in [0.1, 0.15) is 86.0 Å². The molecular formula is C22H40O3Sn. The van der Waals surface area contributed by atoms with Gasteiger partial charge >= 0.3 is 166 Å². The van der Waals surface area contributed by atoms with Gasteiger partial charge in [-0.1, -0.05) is 0 Å². The van der Waals surface area contributed by atoms with Crippen molar-refractivity contribution in [1.29, 1.82) is 0 Å². The average molecular weight is 471 g/mol. The van der Waals surface area contributed by atoms with Crippen LogP contribution in [0.15, 0.2) is 22.0 Å². The van der Waals surface area contributed by atoms with Crippen molar-refractivity contribution in [3.8, 4) is 0 Å². The Morgan fingerprint density at radius 1 is 0.962 bits per heavy atom. The van der Waals surface area contributed by atoms with E-state index in [0.717, 1.165) is 22.2 Å². The summed E-state index contributed by atoms with van der Waals surface area (Å²) >= 11 is -2.89. The summed E-state index contributed by atoms with van der Waals surface area (Å²) in [7, 11) is 0. The SMILES string of the molecule is C=CCCC1=[C]([Sn]([CH2]CCC)([CH2]CCC)[CH2]CCC)C(=O)OC(C)(C)O1. The Hall–Kier alpha value is -0.451. The number of allylic oxidation sites excluding steroid dienone is 2. The minimum atomic E-state index is -2.89. The first-order chi connectivity index (χ1) is 12.4. The zero-order chi connectivity index (χ0) is 19.6. The topological polar surface area (TPSA) is 35.5 Å². The van der Waals surface area contributed by atoms with E-state index in [1.165, 1.54) is 51.8 Å². The molecule has 0 aliphatic carbocycles. The number of carbonyl (C=O) groups excluding carboxylic acids is 1. The van der Waals surface area contributed by atoms with Crippen molar-refractivity contribution in [2.24, 2.45) is 0 Å². The Kier molecular flexibility index (Phi) is 10.3. The fourth-order valence-corrected chi connectivity index (χ4v) is 20.6. The molecule has 0 atom stereocenters. The number of cyclic esters (lactones) is 1. The van der Waals surface area contributed by atoms with Crippen molar-refractivity contribution in [2.45, 2.75) is 105 Å². The van der Waals surface area contributed by atoms with E-state index >= 15 is 0 Å². The van der Waals surface area contributed by atoms with Crippen molar-refractivity contribution in [3.05, 3.63) is 22.0 Å². The maximum absolute atomic E-state index is 13.2. The van der Waals surface area contributed by atoms with Gasteiger partial charge in [0, 0.05) is 0 Å². The average Bonchev–Trinajstić information content (AvgIpc) is 2.59. The zero-order valence-corrected chi connectivity index (χ0v) is 20.6. The Morgan fingerprint density at radius 3 is 1.88 bits per heavy atom. The number of hydrogen-bond donors (Lipinski definition) is 0. The van der Waals surface area contributed by atoms with Crippen LogP contribution in [0.25, 0.3) is 0 Å². The van der Waals surface area contributed by atoms with Gasteiger partial charge in [-0.05, 0) is 0 Å². The van der Waals surface area contributed by atoms with Gasteiger partial charge in [-0.3, -0.25) is 0 Å². The first kappa shape index (κ1) is 23.6. The third-order valence-electron chi connectivity index (χ3n) is 5.32. The molecule has 0 amide bonds. The van der Waals surface area contributed by atoms with E-state index in [9.17, 15) is 4.79 Å². The van der Waals surface area contributed by atoms with E-state index in [4.69, 9.17) is 9.47 Å². The van der Waals surface area contributed by atoms with Gasteiger partial charge in [-0.25, -0.2) is 0 Å². The first-order valence-corrected chi connectivity index (χ1v) is 18.1.